The van der Waals surface area contributed by atoms with Gasteiger partial charge in [0, 0.05) is 7.11 Å². The fraction of sp³-hybridized carbons (Fsp3) is 0.941. The van der Waals surface area contributed by atoms with E-state index in [1.54, 1.807) is 7.11 Å². The maximum atomic E-state index is 12.2. The second kappa shape index (κ2) is 8.66. The average molecular weight is 286 g/mol. The Morgan fingerprint density at radius 2 is 1.75 bits per heavy atom. The van der Waals surface area contributed by atoms with Gasteiger partial charge in [-0.15, -0.1) is 0 Å². The van der Waals surface area contributed by atoms with Crippen molar-refractivity contribution in [1.29, 1.82) is 0 Å². The lowest BCUT2D eigenvalue weighted by Gasteiger charge is -2.27. The van der Waals surface area contributed by atoms with Crippen molar-refractivity contribution in [3.63, 3.8) is 0 Å². The summed E-state index contributed by atoms with van der Waals surface area (Å²) in [4.78, 5) is 12.2. The van der Waals surface area contributed by atoms with Crippen LogP contribution in [-0.4, -0.2) is 25.3 Å². The highest BCUT2D eigenvalue weighted by Crippen LogP contribution is 2.25. The van der Waals surface area contributed by atoms with E-state index in [2.05, 4.69) is 27.7 Å². The summed E-state index contributed by atoms with van der Waals surface area (Å²) in [5, 5.41) is 0. The maximum absolute atomic E-state index is 12.2. The van der Waals surface area contributed by atoms with E-state index in [-0.39, 0.29) is 17.5 Å². The second-order valence-electron chi connectivity index (χ2n) is 7.49. The molecule has 0 aliphatic rings. The van der Waals surface area contributed by atoms with Gasteiger partial charge in [0.15, 0.2) is 0 Å². The first kappa shape index (κ1) is 19.4. The van der Waals surface area contributed by atoms with Crippen LogP contribution in [0.25, 0.3) is 0 Å². The van der Waals surface area contributed by atoms with Crippen LogP contribution in [-0.2, 0) is 14.3 Å². The molecule has 3 nitrogen and oxygen atoms in total. The predicted octanol–water partition coefficient (Wildman–Crippen LogP) is 4.59. The highest BCUT2D eigenvalue weighted by Gasteiger charge is 2.28. The third-order valence-electron chi connectivity index (χ3n) is 3.58. The van der Waals surface area contributed by atoms with E-state index in [0.717, 1.165) is 32.1 Å². The van der Waals surface area contributed by atoms with Crippen LogP contribution in [0.4, 0.5) is 0 Å². The molecule has 120 valence electrons. The normalized spacial score (nSPS) is 14.2. The molecule has 0 heterocycles. The third-order valence-corrected chi connectivity index (χ3v) is 3.58. The SMILES string of the molecule is CCCC(CC(C)(C)OC)C(=O)OCCCC(C)(C)C. The zero-order valence-corrected chi connectivity index (χ0v) is 14.5. The van der Waals surface area contributed by atoms with Crippen molar-refractivity contribution in [3.8, 4) is 0 Å². The predicted molar refractivity (Wildman–Crippen MR) is 83.8 cm³/mol. The average Bonchev–Trinajstić information content (AvgIpc) is 2.32. The number of esters is 1. The smallest absolute Gasteiger partial charge is 0.309 e. The summed E-state index contributed by atoms with van der Waals surface area (Å²) in [6, 6.07) is 0. The van der Waals surface area contributed by atoms with E-state index in [1.807, 2.05) is 13.8 Å². The third kappa shape index (κ3) is 9.35. The summed E-state index contributed by atoms with van der Waals surface area (Å²) in [5.74, 6) is -0.115. The molecule has 0 aliphatic heterocycles. The lowest BCUT2D eigenvalue weighted by atomic mass is 9.90. The molecule has 0 bridgehead atoms. The Kier molecular flexibility index (Phi) is 8.41. The first-order valence-electron chi connectivity index (χ1n) is 7.83. The molecule has 0 aromatic rings. The fourth-order valence-corrected chi connectivity index (χ4v) is 2.22. The van der Waals surface area contributed by atoms with Gasteiger partial charge in [0.05, 0.1) is 18.1 Å². The lowest BCUT2D eigenvalue weighted by molar-refractivity contribution is -0.151. The van der Waals surface area contributed by atoms with Gasteiger partial charge in [-0.25, -0.2) is 0 Å². The van der Waals surface area contributed by atoms with E-state index >= 15 is 0 Å². The minimum atomic E-state index is -0.274. The lowest BCUT2D eigenvalue weighted by Crippen LogP contribution is -2.31. The Morgan fingerprint density at radius 1 is 1.15 bits per heavy atom. The van der Waals surface area contributed by atoms with Crippen molar-refractivity contribution in [3.05, 3.63) is 0 Å². The standard InChI is InChI=1S/C17H34O3/c1-8-10-14(13-17(5,6)19-7)15(18)20-12-9-11-16(2,3)4/h14H,8-13H2,1-7H3. The molecule has 0 spiro atoms. The summed E-state index contributed by atoms with van der Waals surface area (Å²) >= 11 is 0. The molecular formula is C17H34O3. The molecule has 0 N–H and O–H groups in total. The Bertz CT molecular complexity index is 276. The molecule has 0 saturated heterocycles. The van der Waals surface area contributed by atoms with Crippen LogP contribution in [0.1, 0.15) is 73.6 Å². The molecule has 0 amide bonds. The second-order valence-corrected chi connectivity index (χ2v) is 7.49. The van der Waals surface area contributed by atoms with Gasteiger partial charge in [-0.2, -0.15) is 0 Å². The summed E-state index contributed by atoms with van der Waals surface area (Å²) < 4.78 is 10.9. The van der Waals surface area contributed by atoms with Crippen molar-refractivity contribution < 1.29 is 14.3 Å². The van der Waals surface area contributed by atoms with Gasteiger partial charge >= 0.3 is 5.97 Å². The van der Waals surface area contributed by atoms with Crippen LogP contribution in [0.15, 0.2) is 0 Å². The molecule has 0 rings (SSSR count). The van der Waals surface area contributed by atoms with E-state index in [1.165, 1.54) is 0 Å². The molecule has 0 fully saturated rings. The zero-order valence-electron chi connectivity index (χ0n) is 14.5. The Morgan fingerprint density at radius 3 is 2.20 bits per heavy atom. The van der Waals surface area contributed by atoms with E-state index < -0.39 is 0 Å². The molecule has 20 heavy (non-hydrogen) atoms. The van der Waals surface area contributed by atoms with Gasteiger partial charge < -0.3 is 9.47 Å². The zero-order chi connectivity index (χ0) is 15.8. The molecule has 0 aromatic heterocycles. The van der Waals surface area contributed by atoms with Crippen molar-refractivity contribution in [1.82, 2.24) is 0 Å². The maximum Gasteiger partial charge on any atom is 0.309 e. The first-order valence-corrected chi connectivity index (χ1v) is 7.83. The molecule has 1 unspecified atom stereocenters. The quantitative estimate of drug-likeness (QED) is 0.459. The van der Waals surface area contributed by atoms with Crippen LogP contribution in [0, 0.1) is 11.3 Å². The molecular weight excluding hydrogens is 252 g/mol. The topological polar surface area (TPSA) is 35.5 Å². The van der Waals surface area contributed by atoms with Crippen LogP contribution in [0.5, 0.6) is 0 Å². The van der Waals surface area contributed by atoms with Gasteiger partial charge in [-0.05, 0) is 44.9 Å². The van der Waals surface area contributed by atoms with Crippen molar-refractivity contribution in [2.45, 2.75) is 79.2 Å². The highest BCUT2D eigenvalue weighted by atomic mass is 16.5. The minimum Gasteiger partial charge on any atom is -0.465 e. The Labute approximate surface area is 125 Å². The summed E-state index contributed by atoms with van der Waals surface area (Å²) in [5.41, 5.74) is 0.0253. The Hall–Kier alpha value is -0.570. The number of hydrogen-bond donors (Lipinski definition) is 0. The molecule has 0 aromatic carbocycles. The molecule has 1 atom stereocenters. The van der Waals surface area contributed by atoms with E-state index in [4.69, 9.17) is 9.47 Å². The summed E-state index contributed by atoms with van der Waals surface area (Å²) in [7, 11) is 1.69. The molecule has 3 heteroatoms. The monoisotopic (exact) mass is 286 g/mol. The van der Waals surface area contributed by atoms with Gasteiger partial charge in [-0.3, -0.25) is 4.79 Å². The number of methoxy groups -OCH3 is 1. The largest absolute Gasteiger partial charge is 0.465 e. The van der Waals surface area contributed by atoms with Crippen molar-refractivity contribution in [2.24, 2.45) is 11.3 Å². The van der Waals surface area contributed by atoms with Crippen LogP contribution in [0.3, 0.4) is 0 Å². The van der Waals surface area contributed by atoms with Crippen molar-refractivity contribution in [2.75, 3.05) is 13.7 Å². The highest BCUT2D eigenvalue weighted by molar-refractivity contribution is 5.72. The number of hydrogen-bond acceptors (Lipinski definition) is 3. The molecule has 0 radical (unpaired) electrons. The summed E-state index contributed by atoms with van der Waals surface area (Å²) in [6.45, 7) is 13.3. The van der Waals surface area contributed by atoms with Crippen LogP contribution >= 0.6 is 0 Å². The number of ether oxygens (including phenoxy) is 2. The molecule has 0 aliphatic carbocycles. The first-order chi connectivity index (χ1) is 9.11. The van der Waals surface area contributed by atoms with Gasteiger partial charge in [0.1, 0.15) is 0 Å². The van der Waals surface area contributed by atoms with Gasteiger partial charge in [-0.1, -0.05) is 34.1 Å². The van der Waals surface area contributed by atoms with Crippen LogP contribution in [0.2, 0.25) is 0 Å². The number of carbonyl (C=O) groups excluding carboxylic acids is 1. The van der Waals surface area contributed by atoms with E-state index in [9.17, 15) is 4.79 Å². The number of rotatable bonds is 9. The minimum absolute atomic E-state index is 0.0513. The molecule has 0 saturated carbocycles. The summed E-state index contributed by atoms with van der Waals surface area (Å²) in [6.07, 6.45) is 4.58. The number of carbonyl (C=O) groups is 1. The van der Waals surface area contributed by atoms with Gasteiger partial charge in [0.2, 0.25) is 0 Å². The van der Waals surface area contributed by atoms with Crippen LogP contribution < -0.4 is 0 Å². The van der Waals surface area contributed by atoms with Crippen molar-refractivity contribution >= 4 is 5.97 Å². The Balaban J connectivity index is 4.23. The fourth-order valence-electron chi connectivity index (χ4n) is 2.22. The van der Waals surface area contributed by atoms with Gasteiger partial charge in [0.25, 0.3) is 0 Å². The van der Waals surface area contributed by atoms with E-state index in [0.29, 0.717) is 12.0 Å².